The maximum atomic E-state index is 13.7. The predicted molar refractivity (Wildman–Crippen MR) is 88.8 cm³/mol. The number of nitrogens with one attached hydrogen (secondary N) is 1. The number of carbonyl (C=O) groups excluding carboxylic acids is 1. The van der Waals surface area contributed by atoms with Gasteiger partial charge in [-0.1, -0.05) is 24.6 Å². The number of amides is 1. The largest absolute Gasteiger partial charge is 0.350 e. The topological polar surface area (TPSA) is 58.4 Å². The molecule has 1 aromatic carbocycles. The van der Waals surface area contributed by atoms with Gasteiger partial charge in [-0.3, -0.25) is 9.69 Å². The zero-order valence-electron chi connectivity index (χ0n) is 12.7. The first kappa shape index (κ1) is 19.2. The predicted octanol–water partition coefficient (Wildman–Crippen LogP) is 2.50. The molecule has 0 aliphatic carbocycles. The van der Waals surface area contributed by atoms with E-state index in [9.17, 15) is 9.18 Å². The number of carbonyl (C=O) groups is 1. The molecule has 1 aliphatic rings. The first-order valence-corrected chi connectivity index (χ1v) is 7.56. The molecule has 4 nitrogen and oxygen atoms in total. The van der Waals surface area contributed by atoms with Crippen LogP contribution in [-0.2, 0) is 4.79 Å². The lowest BCUT2D eigenvalue weighted by atomic mass is 9.99. The van der Waals surface area contributed by atoms with Gasteiger partial charge in [0.25, 0.3) is 0 Å². The second-order valence-electron chi connectivity index (χ2n) is 5.44. The van der Waals surface area contributed by atoms with Gasteiger partial charge in [0.15, 0.2) is 0 Å². The van der Waals surface area contributed by atoms with Crippen molar-refractivity contribution in [3.63, 3.8) is 0 Å². The van der Waals surface area contributed by atoms with Crippen LogP contribution in [0.25, 0.3) is 0 Å². The van der Waals surface area contributed by atoms with Gasteiger partial charge in [0.1, 0.15) is 5.82 Å². The van der Waals surface area contributed by atoms with Gasteiger partial charge in [-0.25, -0.2) is 4.39 Å². The molecule has 2 rings (SSSR count). The van der Waals surface area contributed by atoms with E-state index in [4.69, 9.17) is 17.3 Å². The standard InChI is InChI=1S/C15H21ClFN3O.ClH/c1-3-20-7-6-13(19-15(21)9(2)18)14(20)10-4-5-11(16)12(17)8-10;/h4-5,8-9,13-14H,3,6-7,18H2,1-2H3,(H,19,21);1H. The summed E-state index contributed by atoms with van der Waals surface area (Å²) >= 11 is 5.75. The van der Waals surface area contributed by atoms with E-state index in [1.54, 1.807) is 13.0 Å². The van der Waals surface area contributed by atoms with Crippen LogP contribution in [0.3, 0.4) is 0 Å². The fourth-order valence-electron chi connectivity index (χ4n) is 2.82. The van der Waals surface area contributed by atoms with Crippen molar-refractivity contribution in [2.75, 3.05) is 13.1 Å². The van der Waals surface area contributed by atoms with Crippen molar-refractivity contribution in [2.24, 2.45) is 5.73 Å². The summed E-state index contributed by atoms with van der Waals surface area (Å²) in [6.07, 6.45) is 0.821. The molecular weight excluding hydrogens is 328 g/mol. The summed E-state index contributed by atoms with van der Waals surface area (Å²) < 4.78 is 13.7. The van der Waals surface area contributed by atoms with Crippen LogP contribution < -0.4 is 11.1 Å². The van der Waals surface area contributed by atoms with Crippen LogP contribution in [0.15, 0.2) is 18.2 Å². The quantitative estimate of drug-likeness (QED) is 0.877. The minimum atomic E-state index is -0.553. The summed E-state index contributed by atoms with van der Waals surface area (Å²) in [6, 6.07) is 4.15. The van der Waals surface area contributed by atoms with Crippen LogP contribution in [0.4, 0.5) is 4.39 Å². The SMILES string of the molecule is CCN1CCC(NC(=O)C(C)N)C1c1ccc(Cl)c(F)c1.Cl. The average molecular weight is 350 g/mol. The van der Waals surface area contributed by atoms with Gasteiger partial charge in [-0.05, 0) is 37.6 Å². The second kappa shape index (κ2) is 8.11. The minimum absolute atomic E-state index is 0. The summed E-state index contributed by atoms with van der Waals surface area (Å²) in [6.45, 7) is 5.39. The molecular formula is C15H22Cl2FN3O. The van der Waals surface area contributed by atoms with Gasteiger partial charge < -0.3 is 11.1 Å². The van der Waals surface area contributed by atoms with Gasteiger partial charge >= 0.3 is 0 Å². The third kappa shape index (κ3) is 4.10. The van der Waals surface area contributed by atoms with Crippen molar-refractivity contribution in [2.45, 2.75) is 38.4 Å². The molecule has 3 unspecified atom stereocenters. The Morgan fingerprint density at radius 2 is 2.27 bits per heavy atom. The summed E-state index contributed by atoms with van der Waals surface area (Å²) in [4.78, 5) is 14.1. The number of likely N-dealkylation sites (N-methyl/N-ethyl adjacent to an activating group) is 1. The Kier molecular flexibility index (Phi) is 7.06. The molecule has 0 bridgehead atoms. The van der Waals surface area contributed by atoms with Crippen LogP contribution in [0.2, 0.25) is 5.02 Å². The molecule has 0 radical (unpaired) electrons. The summed E-state index contributed by atoms with van der Waals surface area (Å²) in [5.74, 6) is -0.619. The second-order valence-corrected chi connectivity index (χ2v) is 5.85. The number of nitrogens with zero attached hydrogens (tertiary/aromatic N) is 1. The Bertz CT molecular complexity index is 528. The van der Waals surface area contributed by atoms with E-state index in [-0.39, 0.29) is 35.4 Å². The van der Waals surface area contributed by atoms with Crippen molar-refractivity contribution >= 4 is 29.9 Å². The Balaban J connectivity index is 0.00000242. The van der Waals surface area contributed by atoms with Crippen molar-refractivity contribution in [3.8, 4) is 0 Å². The molecule has 1 heterocycles. The average Bonchev–Trinajstić information content (AvgIpc) is 2.84. The van der Waals surface area contributed by atoms with Gasteiger partial charge in [0, 0.05) is 12.6 Å². The molecule has 22 heavy (non-hydrogen) atoms. The van der Waals surface area contributed by atoms with Crippen LogP contribution in [0.5, 0.6) is 0 Å². The lowest BCUT2D eigenvalue weighted by Crippen LogP contribution is -2.46. The van der Waals surface area contributed by atoms with Crippen LogP contribution in [0, 0.1) is 5.82 Å². The van der Waals surface area contributed by atoms with E-state index in [2.05, 4.69) is 17.1 Å². The maximum Gasteiger partial charge on any atom is 0.236 e. The highest BCUT2D eigenvalue weighted by Gasteiger charge is 2.35. The number of rotatable bonds is 4. The van der Waals surface area contributed by atoms with Gasteiger partial charge in [0.05, 0.1) is 17.1 Å². The van der Waals surface area contributed by atoms with E-state index < -0.39 is 11.9 Å². The monoisotopic (exact) mass is 349 g/mol. The Morgan fingerprint density at radius 1 is 1.59 bits per heavy atom. The third-order valence-corrected chi connectivity index (χ3v) is 4.24. The summed E-state index contributed by atoms with van der Waals surface area (Å²) in [5.41, 5.74) is 6.43. The van der Waals surface area contributed by atoms with Crippen molar-refractivity contribution in [1.29, 1.82) is 0 Å². The molecule has 7 heteroatoms. The molecule has 1 aromatic rings. The third-order valence-electron chi connectivity index (χ3n) is 3.93. The lowest BCUT2D eigenvalue weighted by molar-refractivity contribution is -0.122. The number of likely N-dealkylation sites (tertiary alicyclic amines) is 1. The van der Waals surface area contributed by atoms with Crippen LogP contribution in [-0.4, -0.2) is 36.0 Å². The minimum Gasteiger partial charge on any atom is -0.350 e. The fourth-order valence-corrected chi connectivity index (χ4v) is 2.93. The van der Waals surface area contributed by atoms with Gasteiger partial charge in [-0.2, -0.15) is 0 Å². The lowest BCUT2D eigenvalue weighted by Gasteiger charge is -2.28. The summed E-state index contributed by atoms with van der Waals surface area (Å²) in [7, 11) is 0. The number of hydrogen-bond acceptors (Lipinski definition) is 3. The van der Waals surface area contributed by atoms with Crippen molar-refractivity contribution in [3.05, 3.63) is 34.6 Å². The first-order valence-electron chi connectivity index (χ1n) is 7.19. The van der Waals surface area contributed by atoms with E-state index >= 15 is 0 Å². The van der Waals surface area contributed by atoms with E-state index in [0.29, 0.717) is 0 Å². The van der Waals surface area contributed by atoms with Gasteiger partial charge in [-0.15, -0.1) is 12.4 Å². The van der Waals surface area contributed by atoms with Crippen molar-refractivity contribution in [1.82, 2.24) is 10.2 Å². The fraction of sp³-hybridized carbons (Fsp3) is 0.533. The van der Waals surface area contributed by atoms with Crippen molar-refractivity contribution < 1.29 is 9.18 Å². The number of nitrogens with two attached hydrogens (primary N) is 1. The molecule has 1 amide bonds. The Hall–Kier alpha value is -0.880. The number of benzene rings is 1. The highest BCUT2D eigenvalue weighted by molar-refractivity contribution is 6.30. The summed E-state index contributed by atoms with van der Waals surface area (Å²) in [5, 5.41) is 3.07. The molecule has 3 N–H and O–H groups in total. The first-order chi connectivity index (χ1) is 9.93. The molecule has 124 valence electrons. The Morgan fingerprint density at radius 3 is 2.82 bits per heavy atom. The molecule has 1 fully saturated rings. The van der Waals surface area contributed by atoms with E-state index in [1.807, 2.05) is 6.07 Å². The highest BCUT2D eigenvalue weighted by atomic mass is 35.5. The number of halogens is 3. The van der Waals surface area contributed by atoms with Crippen LogP contribution >= 0.6 is 24.0 Å². The molecule has 3 atom stereocenters. The van der Waals surface area contributed by atoms with Crippen LogP contribution in [0.1, 0.15) is 31.9 Å². The van der Waals surface area contributed by atoms with Gasteiger partial charge in [0.2, 0.25) is 5.91 Å². The molecule has 0 spiro atoms. The maximum absolute atomic E-state index is 13.7. The van der Waals surface area contributed by atoms with E-state index in [0.717, 1.165) is 25.1 Å². The normalized spacial score (nSPS) is 23.0. The highest BCUT2D eigenvalue weighted by Crippen LogP contribution is 2.33. The zero-order valence-corrected chi connectivity index (χ0v) is 14.3. The number of hydrogen-bond donors (Lipinski definition) is 2. The zero-order chi connectivity index (χ0) is 15.6. The smallest absolute Gasteiger partial charge is 0.236 e. The Labute approximate surface area is 141 Å². The molecule has 0 saturated carbocycles. The molecule has 0 aromatic heterocycles. The molecule has 1 saturated heterocycles. The molecule has 1 aliphatic heterocycles. The van der Waals surface area contributed by atoms with E-state index in [1.165, 1.54) is 6.07 Å².